The maximum atomic E-state index is 12.4. The second-order valence-electron chi connectivity index (χ2n) is 6.84. The van der Waals surface area contributed by atoms with Crippen molar-refractivity contribution in [3.63, 3.8) is 0 Å². The number of phenolic OH excluding ortho intramolecular Hbond substituents is 1. The molecule has 152 valence electrons. The zero-order valence-electron chi connectivity index (χ0n) is 17.0. The van der Waals surface area contributed by atoms with E-state index in [9.17, 15) is 9.90 Å². The van der Waals surface area contributed by atoms with Crippen LogP contribution in [-0.4, -0.2) is 42.0 Å². The van der Waals surface area contributed by atoms with Gasteiger partial charge in [0.1, 0.15) is 11.4 Å². The first-order valence-electron chi connectivity index (χ1n) is 9.28. The molecule has 0 atom stereocenters. The molecule has 7 nitrogen and oxygen atoms in total. The van der Waals surface area contributed by atoms with Crippen molar-refractivity contribution in [3.05, 3.63) is 58.8 Å². The topological polar surface area (TPSA) is 96.5 Å². The molecule has 2 aromatic carbocycles. The summed E-state index contributed by atoms with van der Waals surface area (Å²) >= 11 is 0. The summed E-state index contributed by atoms with van der Waals surface area (Å²) in [4.78, 5) is 12.4. The largest absolute Gasteiger partial charge is 0.507 e. The van der Waals surface area contributed by atoms with E-state index in [0.29, 0.717) is 41.4 Å². The van der Waals surface area contributed by atoms with E-state index in [1.807, 2.05) is 38.1 Å². The summed E-state index contributed by atoms with van der Waals surface area (Å²) in [5.41, 5.74) is 4.38. The van der Waals surface area contributed by atoms with E-state index >= 15 is 0 Å². The summed E-state index contributed by atoms with van der Waals surface area (Å²) in [6.07, 6.45) is 0.644. The van der Waals surface area contributed by atoms with Gasteiger partial charge in [0.25, 0.3) is 5.91 Å². The number of aryl methyl sites for hydroxylation is 2. The van der Waals surface area contributed by atoms with E-state index in [0.717, 1.165) is 16.7 Å². The van der Waals surface area contributed by atoms with Crippen LogP contribution in [0.5, 0.6) is 17.2 Å². The van der Waals surface area contributed by atoms with Gasteiger partial charge in [0.2, 0.25) is 0 Å². The van der Waals surface area contributed by atoms with Crippen molar-refractivity contribution in [2.75, 3.05) is 20.8 Å². The lowest BCUT2D eigenvalue weighted by atomic mass is 10.0. The number of nitrogens with zero attached hydrogens (tertiary/aromatic N) is 1. The lowest BCUT2D eigenvalue weighted by molar-refractivity contribution is 0.0949. The highest BCUT2D eigenvalue weighted by molar-refractivity contribution is 5.93. The molecule has 0 aliphatic rings. The number of carbonyl (C=O) groups is 1. The molecule has 0 saturated heterocycles. The maximum absolute atomic E-state index is 12.4. The van der Waals surface area contributed by atoms with Crippen molar-refractivity contribution in [1.82, 2.24) is 15.5 Å². The van der Waals surface area contributed by atoms with Crippen LogP contribution in [0, 0.1) is 13.8 Å². The summed E-state index contributed by atoms with van der Waals surface area (Å²) in [6, 6.07) is 11.0. The monoisotopic (exact) mass is 395 g/mol. The average molecular weight is 395 g/mol. The molecule has 0 aliphatic heterocycles. The highest BCUT2D eigenvalue weighted by atomic mass is 16.5. The molecule has 3 rings (SSSR count). The third-order valence-corrected chi connectivity index (χ3v) is 4.68. The number of nitrogens with one attached hydrogen (secondary N) is 2. The van der Waals surface area contributed by atoms with Gasteiger partial charge in [0.15, 0.2) is 11.5 Å². The van der Waals surface area contributed by atoms with Crippen LogP contribution in [0.25, 0.3) is 11.3 Å². The van der Waals surface area contributed by atoms with Crippen LogP contribution in [0.15, 0.2) is 36.4 Å². The number of rotatable bonds is 7. The fourth-order valence-corrected chi connectivity index (χ4v) is 3.30. The van der Waals surface area contributed by atoms with Gasteiger partial charge >= 0.3 is 0 Å². The number of H-pyrrole nitrogens is 1. The fourth-order valence-electron chi connectivity index (χ4n) is 3.30. The molecule has 1 amide bonds. The Kier molecular flexibility index (Phi) is 6.07. The Bertz CT molecular complexity index is 1000. The summed E-state index contributed by atoms with van der Waals surface area (Å²) in [6.45, 7) is 4.27. The Morgan fingerprint density at radius 3 is 2.55 bits per heavy atom. The van der Waals surface area contributed by atoms with Crippen LogP contribution in [0.4, 0.5) is 0 Å². The van der Waals surface area contributed by atoms with E-state index < -0.39 is 0 Å². The second kappa shape index (κ2) is 8.68. The minimum atomic E-state index is -0.256. The number of methoxy groups -OCH3 is 2. The van der Waals surface area contributed by atoms with Gasteiger partial charge in [-0.3, -0.25) is 9.89 Å². The molecule has 0 spiro atoms. The van der Waals surface area contributed by atoms with Crippen LogP contribution in [0.2, 0.25) is 0 Å². The van der Waals surface area contributed by atoms with E-state index in [2.05, 4.69) is 15.5 Å². The third-order valence-electron chi connectivity index (χ3n) is 4.68. The SMILES string of the molecule is COc1ccc(CCNC(=O)c2cc(-c3c(C)cc(C)cc3O)n[nH]2)cc1OC. The number of aromatic hydroxyl groups is 1. The zero-order chi connectivity index (χ0) is 21.0. The molecule has 0 fully saturated rings. The number of phenols is 1. The average Bonchev–Trinajstić information content (AvgIpc) is 3.16. The van der Waals surface area contributed by atoms with Crippen LogP contribution >= 0.6 is 0 Å². The first kappa shape index (κ1) is 20.3. The standard InChI is InChI=1S/C22H25N3O4/c1-13-9-14(2)21(18(26)10-13)16-12-17(25-24-16)22(27)23-8-7-15-5-6-19(28-3)20(11-15)29-4/h5-6,9-12,26H,7-8H2,1-4H3,(H,23,27)(H,24,25). The van der Waals surface area contributed by atoms with Gasteiger partial charge in [0, 0.05) is 12.1 Å². The predicted molar refractivity (Wildman–Crippen MR) is 111 cm³/mol. The number of carbonyl (C=O) groups excluding carboxylic acids is 1. The number of benzene rings is 2. The van der Waals surface area contributed by atoms with E-state index in [1.54, 1.807) is 26.4 Å². The van der Waals surface area contributed by atoms with Gasteiger partial charge < -0.3 is 19.9 Å². The van der Waals surface area contributed by atoms with Crippen molar-refractivity contribution >= 4 is 5.91 Å². The molecule has 1 aromatic heterocycles. The molecule has 0 radical (unpaired) electrons. The van der Waals surface area contributed by atoms with Crippen molar-refractivity contribution in [1.29, 1.82) is 0 Å². The van der Waals surface area contributed by atoms with E-state index in [-0.39, 0.29) is 11.7 Å². The Morgan fingerprint density at radius 2 is 1.86 bits per heavy atom. The molecule has 0 saturated carbocycles. The highest BCUT2D eigenvalue weighted by Gasteiger charge is 2.15. The molecule has 0 unspecified atom stereocenters. The fraction of sp³-hybridized carbons (Fsp3) is 0.273. The number of hydrogen-bond acceptors (Lipinski definition) is 5. The van der Waals surface area contributed by atoms with Gasteiger partial charge in [-0.05, 0) is 61.2 Å². The molecule has 0 bridgehead atoms. The van der Waals surface area contributed by atoms with Crippen LogP contribution in [0.1, 0.15) is 27.2 Å². The zero-order valence-corrected chi connectivity index (χ0v) is 17.0. The lowest BCUT2D eigenvalue weighted by Gasteiger charge is -2.10. The predicted octanol–water partition coefficient (Wildman–Crippen LogP) is 3.39. The van der Waals surface area contributed by atoms with Crippen molar-refractivity contribution in [2.24, 2.45) is 0 Å². The third kappa shape index (κ3) is 4.51. The van der Waals surface area contributed by atoms with E-state index in [4.69, 9.17) is 9.47 Å². The molecule has 7 heteroatoms. The van der Waals surface area contributed by atoms with Gasteiger partial charge in [-0.15, -0.1) is 0 Å². The van der Waals surface area contributed by atoms with Gasteiger partial charge in [-0.2, -0.15) is 5.10 Å². The Morgan fingerprint density at radius 1 is 1.10 bits per heavy atom. The number of amides is 1. The van der Waals surface area contributed by atoms with Crippen LogP contribution in [0.3, 0.4) is 0 Å². The Labute approximate surface area is 169 Å². The molecule has 0 aliphatic carbocycles. The number of hydrogen-bond donors (Lipinski definition) is 3. The molecule has 3 aromatic rings. The smallest absolute Gasteiger partial charge is 0.269 e. The highest BCUT2D eigenvalue weighted by Crippen LogP contribution is 2.32. The van der Waals surface area contributed by atoms with Gasteiger partial charge in [-0.25, -0.2) is 0 Å². The van der Waals surface area contributed by atoms with Gasteiger partial charge in [0.05, 0.1) is 19.9 Å². The number of ether oxygens (including phenoxy) is 2. The van der Waals surface area contributed by atoms with Crippen LogP contribution in [-0.2, 0) is 6.42 Å². The first-order valence-corrected chi connectivity index (χ1v) is 9.28. The van der Waals surface area contributed by atoms with Crippen molar-refractivity contribution < 1.29 is 19.4 Å². The summed E-state index contributed by atoms with van der Waals surface area (Å²) in [7, 11) is 3.18. The molecule has 1 heterocycles. The second-order valence-corrected chi connectivity index (χ2v) is 6.84. The summed E-state index contributed by atoms with van der Waals surface area (Å²) < 4.78 is 10.5. The Balaban J connectivity index is 1.64. The van der Waals surface area contributed by atoms with E-state index in [1.165, 1.54) is 0 Å². The molecule has 3 N–H and O–H groups in total. The minimum absolute atomic E-state index is 0.148. The number of aromatic amines is 1. The summed E-state index contributed by atoms with van der Waals surface area (Å²) in [5, 5.41) is 20.1. The van der Waals surface area contributed by atoms with Crippen molar-refractivity contribution in [3.8, 4) is 28.5 Å². The molecular formula is C22H25N3O4. The van der Waals surface area contributed by atoms with Crippen molar-refractivity contribution in [2.45, 2.75) is 20.3 Å². The normalized spacial score (nSPS) is 10.6. The maximum Gasteiger partial charge on any atom is 0.269 e. The number of aromatic nitrogens is 2. The minimum Gasteiger partial charge on any atom is -0.507 e. The Hall–Kier alpha value is -3.48. The van der Waals surface area contributed by atoms with Gasteiger partial charge in [-0.1, -0.05) is 12.1 Å². The lowest BCUT2D eigenvalue weighted by Crippen LogP contribution is -2.26. The summed E-state index contributed by atoms with van der Waals surface area (Å²) in [5.74, 6) is 1.21. The van der Waals surface area contributed by atoms with Crippen LogP contribution < -0.4 is 14.8 Å². The molecule has 29 heavy (non-hydrogen) atoms. The molecular weight excluding hydrogens is 370 g/mol. The first-order chi connectivity index (χ1) is 13.9. The quantitative estimate of drug-likeness (QED) is 0.570.